The van der Waals surface area contributed by atoms with Gasteiger partial charge in [-0.1, -0.05) is 29.8 Å². The number of halogens is 1. The van der Waals surface area contributed by atoms with E-state index in [4.69, 9.17) is 22.1 Å². The first-order valence-corrected chi connectivity index (χ1v) is 7.23. The van der Waals surface area contributed by atoms with Gasteiger partial charge in [-0.3, -0.25) is 0 Å². The molecule has 2 unspecified atom stereocenters. The quantitative estimate of drug-likeness (QED) is 0.880. The molecule has 0 radical (unpaired) electrons. The molecule has 0 bridgehead atoms. The number of nitrogens with two attached hydrogens (primary N) is 1. The summed E-state index contributed by atoms with van der Waals surface area (Å²) in [5.74, 6) is 0.266. The van der Waals surface area contributed by atoms with E-state index in [0.717, 1.165) is 22.6 Å². The van der Waals surface area contributed by atoms with Gasteiger partial charge in [-0.05, 0) is 52.2 Å². The van der Waals surface area contributed by atoms with Gasteiger partial charge in [-0.2, -0.15) is 0 Å². The first kappa shape index (κ1) is 14.8. The lowest BCUT2D eigenvalue weighted by molar-refractivity contribution is -0.0767. The molecule has 1 aliphatic heterocycles. The summed E-state index contributed by atoms with van der Waals surface area (Å²) in [7, 11) is 0. The third-order valence-corrected chi connectivity index (χ3v) is 4.67. The summed E-state index contributed by atoms with van der Waals surface area (Å²) in [4.78, 5) is 0. The minimum atomic E-state index is -0.226. The number of benzene rings is 1. The lowest BCUT2D eigenvalue weighted by atomic mass is 9.79. The van der Waals surface area contributed by atoms with Gasteiger partial charge in [0, 0.05) is 17.0 Å². The van der Waals surface area contributed by atoms with Crippen molar-refractivity contribution in [2.75, 3.05) is 0 Å². The maximum atomic E-state index is 6.50. The van der Waals surface area contributed by atoms with E-state index in [1.807, 2.05) is 25.1 Å². The molecule has 0 spiro atoms. The van der Waals surface area contributed by atoms with Crippen molar-refractivity contribution >= 4 is 11.6 Å². The highest BCUT2D eigenvalue weighted by Gasteiger charge is 2.48. The Bertz CT molecular complexity index is 482. The third-order valence-electron chi connectivity index (χ3n) is 4.16. The molecule has 2 N–H and O–H groups in total. The van der Waals surface area contributed by atoms with E-state index in [1.165, 1.54) is 0 Å². The van der Waals surface area contributed by atoms with Crippen LogP contribution in [0.25, 0.3) is 0 Å². The van der Waals surface area contributed by atoms with Crippen LogP contribution < -0.4 is 5.73 Å². The minimum Gasteiger partial charge on any atom is -0.369 e. The van der Waals surface area contributed by atoms with Gasteiger partial charge in [-0.15, -0.1) is 0 Å². The molecule has 106 valence electrons. The van der Waals surface area contributed by atoms with Crippen molar-refractivity contribution in [2.45, 2.75) is 58.3 Å². The molecule has 1 fully saturated rings. The highest BCUT2D eigenvalue weighted by atomic mass is 35.5. The largest absolute Gasteiger partial charge is 0.369 e. The van der Waals surface area contributed by atoms with Crippen LogP contribution in [0.15, 0.2) is 18.2 Å². The van der Waals surface area contributed by atoms with Crippen LogP contribution in [-0.4, -0.2) is 11.2 Å². The zero-order valence-corrected chi connectivity index (χ0v) is 13.2. The van der Waals surface area contributed by atoms with Gasteiger partial charge in [0.05, 0.1) is 11.2 Å². The summed E-state index contributed by atoms with van der Waals surface area (Å²) in [6.45, 7) is 10.5. The van der Waals surface area contributed by atoms with E-state index in [9.17, 15) is 0 Å². The average molecular weight is 282 g/mol. The number of hydrogen-bond acceptors (Lipinski definition) is 2. The Hall–Kier alpha value is -0.570. The molecule has 1 saturated heterocycles. The molecule has 0 amide bonds. The second-order valence-electron chi connectivity index (χ2n) is 6.78. The molecule has 1 aliphatic rings. The van der Waals surface area contributed by atoms with Gasteiger partial charge >= 0.3 is 0 Å². The molecular weight excluding hydrogens is 258 g/mol. The van der Waals surface area contributed by atoms with E-state index in [2.05, 4.69) is 27.7 Å². The van der Waals surface area contributed by atoms with Crippen LogP contribution in [-0.2, 0) is 4.74 Å². The van der Waals surface area contributed by atoms with Crippen LogP contribution in [0.1, 0.15) is 51.3 Å². The highest BCUT2D eigenvalue weighted by molar-refractivity contribution is 6.32. The maximum absolute atomic E-state index is 6.50. The second kappa shape index (κ2) is 4.76. The summed E-state index contributed by atoms with van der Waals surface area (Å²) in [5.41, 5.74) is 8.26. The topological polar surface area (TPSA) is 35.2 Å². The molecule has 1 heterocycles. The van der Waals surface area contributed by atoms with Gasteiger partial charge in [0.15, 0.2) is 0 Å². The van der Waals surface area contributed by atoms with Crippen molar-refractivity contribution in [3.05, 3.63) is 34.3 Å². The van der Waals surface area contributed by atoms with Crippen molar-refractivity contribution in [1.29, 1.82) is 0 Å². The number of rotatable bonds is 2. The maximum Gasteiger partial charge on any atom is 0.0680 e. The minimum absolute atomic E-state index is 0.0934. The van der Waals surface area contributed by atoms with Crippen LogP contribution in [0.3, 0.4) is 0 Å². The molecule has 3 heteroatoms. The molecule has 0 aliphatic carbocycles. The van der Waals surface area contributed by atoms with E-state index < -0.39 is 0 Å². The highest BCUT2D eigenvalue weighted by Crippen LogP contribution is 2.47. The Kier molecular flexibility index (Phi) is 3.72. The SMILES string of the molecule is Cc1cccc(C(N)C2CC(C)(C)OC2(C)C)c1Cl. The van der Waals surface area contributed by atoms with Crippen LogP contribution in [0, 0.1) is 12.8 Å². The first-order chi connectivity index (χ1) is 8.64. The molecule has 2 atom stereocenters. The van der Waals surface area contributed by atoms with Crippen molar-refractivity contribution < 1.29 is 4.74 Å². The standard InChI is InChI=1S/C16H24ClNO/c1-10-7-6-8-11(13(10)17)14(18)12-9-15(2,3)19-16(12,4)5/h6-8,12,14H,9,18H2,1-5H3. The number of aryl methyl sites for hydroxylation is 1. The zero-order valence-electron chi connectivity index (χ0n) is 12.5. The van der Waals surface area contributed by atoms with Crippen LogP contribution in [0.4, 0.5) is 0 Å². The van der Waals surface area contributed by atoms with Gasteiger partial charge < -0.3 is 10.5 Å². The van der Waals surface area contributed by atoms with Crippen LogP contribution in [0.5, 0.6) is 0 Å². The molecule has 0 saturated carbocycles. The van der Waals surface area contributed by atoms with Crippen molar-refractivity contribution in [1.82, 2.24) is 0 Å². The van der Waals surface area contributed by atoms with Gasteiger partial charge in [0.25, 0.3) is 0 Å². The fraction of sp³-hybridized carbons (Fsp3) is 0.625. The normalized spacial score (nSPS) is 26.4. The Morgan fingerprint density at radius 3 is 2.47 bits per heavy atom. The number of hydrogen-bond donors (Lipinski definition) is 1. The molecular formula is C16H24ClNO. The lowest BCUT2D eigenvalue weighted by Crippen LogP contribution is -2.36. The first-order valence-electron chi connectivity index (χ1n) is 6.85. The lowest BCUT2D eigenvalue weighted by Gasteiger charge is -2.31. The fourth-order valence-electron chi connectivity index (χ4n) is 3.31. The number of ether oxygens (including phenoxy) is 1. The summed E-state index contributed by atoms with van der Waals surface area (Å²) in [6.07, 6.45) is 0.950. The summed E-state index contributed by atoms with van der Waals surface area (Å²) in [6, 6.07) is 5.97. The molecule has 2 rings (SSSR count). The van der Waals surface area contributed by atoms with Crippen molar-refractivity contribution in [3.63, 3.8) is 0 Å². The molecule has 1 aromatic carbocycles. The fourth-order valence-corrected chi connectivity index (χ4v) is 3.56. The molecule has 0 aromatic heterocycles. The van der Waals surface area contributed by atoms with Crippen molar-refractivity contribution in [2.24, 2.45) is 11.7 Å². The Morgan fingerprint density at radius 1 is 1.32 bits per heavy atom. The third kappa shape index (κ3) is 2.81. The van der Waals surface area contributed by atoms with E-state index in [-0.39, 0.29) is 23.2 Å². The molecule has 19 heavy (non-hydrogen) atoms. The molecule has 1 aromatic rings. The van der Waals surface area contributed by atoms with Crippen LogP contribution in [0.2, 0.25) is 5.02 Å². The van der Waals surface area contributed by atoms with Gasteiger partial charge in [-0.25, -0.2) is 0 Å². The van der Waals surface area contributed by atoms with E-state index >= 15 is 0 Å². The van der Waals surface area contributed by atoms with Crippen molar-refractivity contribution in [3.8, 4) is 0 Å². The Labute approximate surface area is 121 Å². The Balaban J connectivity index is 2.34. The van der Waals surface area contributed by atoms with E-state index in [1.54, 1.807) is 0 Å². The van der Waals surface area contributed by atoms with Gasteiger partial charge in [0.2, 0.25) is 0 Å². The summed E-state index contributed by atoms with van der Waals surface area (Å²) in [5, 5.41) is 0.788. The zero-order chi connectivity index (χ0) is 14.4. The average Bonchev–Trinajstić information content (AvgIpc) is 2.50. The molecule has 2 nitrogen and oxygen atoms in total. The summed E-state index contributed by atoms with van der Waals surface area (Å²) < 4.78 is 6.14. The Morgan fingerprint density at radius 2 is 1.95 bits per heavy atom. The van der Waals surface area contributed by atoms with E-state index in [0.29, 0.717) is 0 Å². The monoisotopic (exact) mass is 281 g/mol. The summed E-state index contributed by atoms with van der Waals surface area (Å²) >= 11 is 6.41. The van der Waals surface area contributed by atoms with Gasteiger partial charge in [0.1, 0.15) is 0 Å². The predicted molar refractivity (Wildman–Crippen MR) is 80.5 cm³/mol. The smallest absolute Gasteiger partial charge is 0.0680 e. The predicted octanol–water partition coefficient (Wildman–Crippen LogP) is 4.24. The second-order valence-corrected chi connectivity index (χ2v) is 7.16. The van der Waals surface area contributed by atoms with Crippen LogP contribution >= 0.6 is 11.6 Å².